The van der Waals surface area contributed by atoms with Gasteiger partial charge in [0.2, 0.25) is 11.9 Å². The second kappa shape index (κ2) is 7.59. The first kappa shape index (κ1) is 16.1. The third kappa shape index (κ3) is 5.36. The van der Waals surface area contributed by atoms with Crippen molar-refractivity contribution in [2.45, 2.75) is 6.54 Å². The van der Waals surface area contributed by atoms with Gasteiger partial charge in [0.15, 0.2) is 0 Å². The third-order valence-corrected chi connectivity index (χ3v) is 2.61. The van der Waals surface area contributed by atoms with Gasteiger partial charge in [-0.3, -0.25) is 4.79 Å². The van der Waals surface area contributed by atoms with E-state index in [1.165, 1.54) is 0 Å². The zero-order valence-corrected chi connectivity index (χ0v) is 12.9. The van der Waals surface area contributed by atoms with Gasteiger partial charge in [0.05, 0.1) is 12.2 Å². The molecule has 0 saturated carbocycles. The first-order chi connectivity index (χ1) is 9.40. The summed E-state index contributed by atoms with van der Waals surface area (Å²) in [5.41, 5.74) is 0.820. The SMILES string of the molecule is CN(C)C/C=C/C(=O)N(C)Cc1ccnc(N(C)C)n1. The first-order valence-corrected chi connectivity index (χ1v) is 6.45. The molecule has 1 amide bonds. The van der Waals surface area contributed by atoms with Crippen molar-refractivity contribution >= 4 is 11.9 Å². The monoisotopic (exact) mass is 277 g/mol. The lowest BCUT2D eigenvalue weighted by Gasteiger charge is -2.16. The summed E-state index contributed by atoms with van der Waals surface area (Å²) in [7, 11) is 9.46. The van der Waals surface area contributed by atoms with Gasteiger partial charge in [-0.05, 0) is 20.2 Å². The molecule has 1 aromatic rings. The van der Waals surface area contributed by atoms with Crippen LogP contribution in [0.1, 0.15) is 5.69 Å². The zero-order chi connectivity index (χ0) is 15.1. The largest absolute Gasteiger partial charge is 0.347 e. The van der Waals surface area contributed by atoms with E-state index >= 15 is 0 Å². The number of aromatic nitrogens is 2. The van der Waals surface area contributed by atoms with Crippen LogP contribution in [0, 0.1) is 0 Å². The van der Waals surface area contributed by atoms with Gasteiger partial charge < -0.3 is 14.7 Å². The number of carbonyl (C=O) groups excluding carboxylic acids is 1. The predicted octanol–water partition coefficient (Wildman–Crippen LogP) is 0.619. The maximum atomic E-state index is 11.9. The van der Waals surface area contributed by atoms with Crippen molar-refractivity contribution in [3.05, 3.63) is 30.1 Å². The molecule has 1 rings (SSSR count). The van der Waals surface area contributed by atoms with Crippen molar-refractivity contribution < 1.29 is 4.79 Å². The van der Waals surface area contributed by atoms with E-state index in [2.05, 4.69) is 9.97 Å². The molecule has 0 bridgehead atoms. The summed E-state index contributed by atoms with van der Waals surface area (Å²) in [6, 6.07) is 1.82. The molecule has 0 fully saturated rings. The highest BCUT2D eigenvalue weighted by Gasteiger charge is 2.08. The highest BCUT2D eigenvalue weighted by Crippen LogP contribution is 2.06. The molecular weight excluding hydrogens is 254 g/mol. The van der Waals surface area contributed by atoms with E-state index < -0.39 is 0 Å². The normalized spacial score (nSPS) is 11.1. The maximum absolute atomic E-state index is 11.9. The molecule has 0 aromatic carbocycles. The molecule has 20 heavy (non-hydrogen) atoms. The minimum Gasteiger partial charge on any atom is -0.347 e. The number of nitrogens with zero attached hydrogens (tertiary/aromatic N) is 5. The molecule has 0 aliphatic carbocycles. The number of amides is 1. The zero-order valence-electron chi connectivity index (χ0n) is 12.9. The molecule has 6 nitrogen and oxygen atoms in total. The fourth-order valence-corrected chi connectivity index (χ4v) is 1.50. The van der Waals surface area contributed by atoms with Crippen LogP contribution in [0.3, 0.4) is 0 Å². The van der Waals surface area contributed by atoms with Crippen molar-refractivity contribution in [3.63, 3.8) is 0 Å². The molecule has 0 aliphatic rings. The van der Waals surface area contributed by atoms with Crippen LogP contribution in [0.25, 0.3) is 0 Å². The minimum atomic E-state index is -0.0307. The molecule has 1 aromatic heterocycles. The lowest BCUT2D eigenvalue weighted by atomic mass is 10.3. The molecule has 1 heterocycles. The molecule has 110 valence electrons. The molecule has 6 heteroatoms. The van der Waals surface area contributed by atoms with Crippen LogP contribution in [-0.2, 0) is 11.3 Å². The van der Waals surface area contributed by atoms with Crippen LogP contribution < -0.4 is 4.90 Å². The van der Waals surface area contributed by atoms with Crippen LogP contribution in [0.4, 0.5) is 5.95 Å². The second-order valence-corrected chi connectivity index (χ2v) is 5.10. The first-order valence-electron chi connectivity index (χ1n) is 6.45. The number of anilines is 1. The number of rotatable bonds is 6. The van der Waals surface area contributed by atoms with E-state index in [1.807, 2.05) is 50.1 Å². The molecule has 0 spiro atoms. The van der Waals surface area contributed by atoms with Gasteiger partial charge in [-0.1, -0.05) is 6.08 Å². The molecular formula is C14H23N5O. The number of hydrogen-bond donors (Lipinski definition) is 0. The maximum Gasteiger partial charge on any atom is 0.246 e. The lowest BCUT2D eigenvalue weighted by molar-refractivity contribution is -0.125. The van der Waals surface area contributed by atoms with Crippen molar-refractivity contribution in [3.8, 4) is 0 Å². The fraction of sp³-hybridized carbons (Fsp3) is 0.500. The van der Waals surface area contributed by atoms with E-state index in [0.29, 0.717) is 12.5 Å². The van der Waals surface area contributed by atoms with E-state index in [0.717, 1.165) is 12.2 Å². The molecule has 0 saturated heterocycles. The summed E-state index contributed by atoms with van der Waals surface area (Å²) in [5.74, 6) is 0.614. The molecule has 0 unspecified atom stereocenters. The Morgan fingerprint density at radius 3 is 2.55 bits per heavy atom. The van der Waals surface area contributed by atoms with E-state index in [9.17, 15) is 4.79 Å². The lowest BCUT2D eigenvalue weighted by Crippen LogP contribution is -2.25. The standard InChI is InChI=1S/C14H23N5O/c1-17(2)10-6-7-13(20)19(5)11-12-8-9-15-14(16-12)18(3)4/h6-9H,10-11H2,1-5H3/b7-6+. The average molecular weight is 277 g/mol. The molecule has 0 N–H and O–H groups in total. The third-order valence-electron chi connectivity index (χ3n) is 2.61. The van der Waals surface area contributed by atoms with Crippen LogP contribution in [0.5, 0.6) is 0 Å². The van der Waals surface area contributed by atoms with Crippen molar-refractivity contribution in [1.82, 2.24) is 19.8 Å². The second-order valence-electron chi connectivity index (χ2n) is 5.10. The van der Waals surface area contributed by atoms with Gasteiger partial charge in [0, 0.05) is 40.0 Å². The van der Waals surface area contributed by atoms with Gasteiger partial charge in [0.1, 0.15) is 0 Å². The topological polar surface area (TPSA) is 52.6 Å². The molecule has 0 radical (unpaired) electrons. The summed E-state index contributed by atoms with van der Waals surface area (Å²) in [6.07, 6.45) is 5.15. The van der Waals surface area contributed by atoms with Gasteiger partial charge in [-0.2, -0.15) is 0 Å². The molecule has 0 aliphatic heterocycles. The Kier molecular flexibility index (Phi) is 6.11. The minimum absolute atomic E-state index is 0.0307. The Morgan fingerprint density at radius 1 is 1.25 bits per heavy atom. The van der Waals surface area contributed by atoms with Gasteiger partial charge in [-0.15, -0.1) is 0 Å². The average Bonchev–Trinajstić information content (AvgIpc) is 2.38. The quantitative estimate of drug-likeness (QED) is 0.714. The van der Waals surface area contributed by atoms with Crippen LogP contribution in [-0.4, -0.2) is 67.5 Å². The van der Waals surface area contributed by atoms with Crippen LogP contribution in [0.2, 0.25) is 0 Å². The Bertz CT molecular complexity index is 470. The van der Waals surface area contributed by atoms with Crippen LogP contribution in [0.15, 0.2) is 24.4 Å². The van der Waals surface area contributed by atoms with Gasteiger partial charge in [0.25, 0.3) is 0 Å². The smallest absolute Gasteiger partial charge is 0.246 e. The number of hydrogen-bond acceptors (Lipinski definition) is 5. The summed E-state index contributed by atoms with van der Waals surface area (Å²) in [4.78, 5) is 25.9. The number of carbonyl (C=O) groups is 1. The Labute approximate surface area is 120 Å². The predicted molar refractivity (Wildman–Crippen MR) is 80.5 cm³/mol. The Morgan fingerprint density at radius 2 is 1.95 bits per heavy atom. The van der Waals surface area contributed by atoms with Crippen molar-refractivity contribution in [1.29, 1.82) is 0 Å². The van der Waals surface area contributed by atoms with E-state index in [4.69, 9.17) is 0 Å². The van der Waals surface area contributed by atoms with Gasteiger partial charge in [-0.25, -0.2) is 9.97 Å². The number of likely N-dealkylation sites (N-methyl/N-ethyl adjacent to an activating group) is 2. The molecule has 0 atom stereocenters. The Balaban J connectivity index is 2.61. The summed E-state index contributed by atoms with van der Waals surface area (Å²) >= 11 is 0. The fourth-order valence-electron chi connectivity index (χ4n) is 1.50. The highest BCUT2D eigenvalue weighted by molar-refractivity contribution is 5.87. The van der Waals surface area contributed by atoms with E-state index in [1.54, 1.807) is 24.2 Å². The van der Waals surface area contributed by atoms with Gasteiger partial charge >= 0.3 is 0 Å². The van der Waals surface area contributed by atoms with Crippen molar-refractivity contribution in [2.75, 3.05) is 46.7 Å². The highest BCUT2D eigenvalue weighted by atomic mass is 16.2. The van der Waals surface area contributed by atoms with Crippen LogP contribution >= 0.6 is 0 Å². The Hall–Kier alpha value is -1.95. The summed E-state index contributed by atoms with van der Waals surface area (Å²) in [5, 5.41) is 0. The van der Waals surface area contributed by atoms with E-state index in [-0.39, 0.29) is 5.91 Å². The summed E-state index contributed by atoms with van der Waals surface area (Å²) in [6.45, 7) is 1.21. The van der Waals surface area contributed by atoms with Crippen molar-refractivity contribution in [2.24, 2.45) is 0 Å². The summed E-state index contributed by atoms with van der Waals surface area (Å²) < 4.78 is 0.